The van der Waals surface area contributed by atoms with Gasteiger partial charge in [0.25, 0.3) is 0 Å². The van der Waals surface area contributed by atoms with Gasteiger partial charge >= 0.3 is 0 Å². The molecule has 4 heteroatoms. The highest BCUT2D eigenvalue weighted by atomic mass is 35.5. The van der Waals surface area contributed by atoms with E-state index in [0.717, 1.165) is 12.8 Å². The molecule has 1 aliphatic heterocycles. The second kappa shape index (κ2) is 10.0. The number of alkyl halides is 1. The topological polar surface area (TPSA) is 34.1 Å². The van der Waals surface area contributed by atoms with Crippen LogP contribution >= 0.6 is 11.6 Å². The van der Waals surface area contributed by atoms with Crippen LogP contribution in [0, 0.1) is 11.8 Å². The lowest BCUT2D eigenvalue weighted by Gasteiger charge is -2.19. The molecule has 1 heterocycles. The van der Waals surface area contributed by atoms with E-state index in [-0.39, 0.29) is 0 Å². The standard InChI is InChI=1S/C16H31ClO2S/c1-2-3-4-5-6-7-8-9-10-15(13-17)16-11-12-20(18,19)14-16/h15-16H,2-14H2,1H3. The van der Waals surface area contributed by atoms with E-state index in [9.17, 15) is 8.42 Å². The van der Waals surface area contributed by atoms with Crippen LogP contribution in [0.2, 0.25) is 0 Å². The minimum atomic E-state index is -2.76. The second-order valence-corrected chi connectivity index (χ2v) is 8.88. The molecule has 1 fully saturated rings. The van der Waals surface area contributed by atoms with Crippen LogP contribution in [0.15, 0.2) is 0 Å². The predicted molar refractivity (Wildman–Crippen MR) is 88.2 cm³/mol. The van der Waals surface area contributed by atoms with Crippen LogP contribution in [0.1, 0.15) is 71.1 Å². The lowest BCUT2D eigenvalue weighted by atomic mass is 9.88. The average Bonchev–Trinajstić information content (AvgIpc) is 2.77. The Bertz CT molecular complexity index is 340. The van der Waals surface area contributed by atoms with Crippen LogP contribution in [-0.4, -0.2) is 25.8 Å². The molecule has 0 radical (unpaired) electrons. The Kier molecular flexibility index (Phi) is 9.19. The highest BCUT2D eigenvalue weighted by molar-refractivity contribution is 7.91. The molecule has 0 amide bonds. The molecule has 2 nitrogen and oxygen atoms in total. The molecular formula is C16H31ClO2S. The quantitative estimate of drug-likeness (QED) is 0.404. The minimum absolute atomic E-state index is 0.321. The number of sulfone groups is 1. The van der Waals surface area contributed by atoms with Crippen LogP contribution in [0.5, 0.6) is 0 Å². The molecule has 2 atom stereocenters. The van der Waals surface area contributed by atoms with E-state index in [2.05, 4.69) is 6.92 Å². The van der Waals surface area contributed by atoms with Crippen LogP contribution in [0.25, 0.3) is 0 Å². The smallest absolute Gasteiger partial charge is 0.150 e. The zero-order valence-electron chi connectivity index (χ0n) is 12.9. The van der Waals surface area contributed by atoms with E-state index in [1.807, 2.05) is 0 Å². The molecule has 0 aliphatic carbocycles. The molecule has 0 aromatic heterocycles. The summed E-state index contributed by atoms with van der Waals surface area (Å²) in [6, 6.07) is 0. The third-order valence-electron chi connectivity index (χ3n) is 4.56. The number of halogens is 1. The predicted octanol–water partition coefficient (Wildman–Crippen LogP) is 4.81. The molecule has 20 heavy (non-hydrogen) atoms. The lowest BCUT2D eigenvalue weighted by Crippen LogP contribution is -2.18. The van der Waals surface area contributed by atoms with E-state index in [0.29, 0.717) is 29.2 Å². The summed E-state index contributed by atoms with van der Waals surface area (Å²) in [5, 5.41) is 0. The van der Waals surface area contributed by atoms with Gasteiger partial charge in [0.15, 0.2) is 9.84 Å². The molecule has 1 aliphatic rings. The molecule has 0 aromatic carbocycles. The van der Waals surface area contributed by atoms with Crippen LogP contribution in [-0.2, 0) is 9.84 Å². The summed E-state index contributed by atoms with van der Waals surface area (Å²) in [4.78, 5) is 0. The third-order valence-corrected chi connectivity index (χ3v) is 6.75. The van der Waals surface area contributed by atoms with Crippen molar-refractivity contribution in [1.29, 1.82) is 0 Å². The first kappa shape index (κ1) is 18.3. The van der Waals surface area contributed by atoms with Gasteiger partial charge in [-0.15, -0.1) is 11.6 Å². The van der Waals surface area contributed by atoms with Crippen LogP contribution < -0.4 is 0 Å². The first-order chi connectivity index (χ1) is 9.59. The van der Waals surface area contributed by atoms with Crippen molar-refractivity contribution in [3.8, 4) is 0 Å². The zero-order chi connectivity index (χ0) is 14.8. The highest BCUT2D eigenvalue weighted by Crippen LogP contribution is 2.30. The lowest BCUT2D eigenvalue weighted by molar-refractivity contribution is 0.360. The molecule has 2 unspecified atom stereocenters. The number of unbranched alkanes of at least 4 members (excludes halogenated alkanes) is 7. The van der Waals surface area contributed by atoms with Crippen molar-refractivity contribution >= 4 is 21.4 Å². The largest absolute Gasteiger partial charge is 0.229 e. The Labute approximate surface area is 130 Å². The summed E-state index contributed by atoms with van der Waals surface area (Å²) >= 11 is 6.04. The Morgan fingerprint density at radius 2 is 1.65 bits per heavy atom. The van der Waals surface area contributed by atoms with Gasteiger partial charge < -0.3 is 0 Å². The number of hydrogen-bond donors (Lipinski definition) is 0. The Hall–Kier alpha value is 0.240. The summed E-state index contributed by atoms with van der Waals surface area (Å²) in [5.74, 6) is 2.11. The van der Waals surface area contributed by atoms with Gasteiger partial charge in [0.2, 0.25) is 0 Å². The first-order valence-electron chi connectivity index (χ1n) is 8.35. The fourth-order valence-corrected chi connectivity index (χ4v) is 5.50. The molecule has 0 spiro atoms. The van der Waals surface area contributed by atoms with Crippen molar-refractivity contribution in [1.82, 2.24) is 0 Å². The first-order valence-corrected chi connectivity index (χ1v) is 10.7. The highest BCUT2D eigenvalue weighted by Gasteiger charge is 2.32. The van der Waals surface area contributed by atoms with Gasteiger partial charge in [-0.05, 0) is 24.7 Å². The molecule has 1 rings (SSSR count). The normalized spacial score (nSPS) is 23.0. The molecule has 0 bridgehead atoms. The van der Waals surface area contributed by atoms with Crippen molar-refractivity contribution in [3.63, 3.8) is 0 Å². The molecular weight excluding hydrogens is 292 g/mol. The SMILES string of the molecule is CCCCCCCCCCC(CCl)C1CCS(=O)(=O)C1. The van der Waals surface area contributed by atoms with Crippen molar-refractivity contribution in [2.45, 2.75) is 71.1 Å². The van der Waals surface area contributed by atoms with Crippen molar-refractivity contribution in [2.75, 3.05) is 17.4 Å². The monoisotopic (exact) mass is 322 g/mol. The van der Waals surface area contributed by atoms with E-state index >= 15 is 0 Å². The Balaban J connectivity index is 2.07. The van der Waals surface area contributed by atoms with Gasteiger partial charge in [-0.3, -0.25) is 0 Å². The maximum Gasteiger partial charge on any atom is 0.150 e. The Morgan fingerprint density at radius 3 is 2.15 bits per heavy atom. The summed E-state index contributed by atoms with van der Waals surface area (Å²) in [5.41, 5.74) is 0. The second-order valence-electron chi connectivity index (χ2n) is 6.34. The fraction of sp³-hybridized carbons (Fsp3) is 1.00. The fourth-order valence-electron chi connectivity index (χ4n) is 3.17. The molecule has 0 aromatic rings. The summed E-state index contributed by atoms with van der Waals surface area (Å²) in [7, 11) is -2.76. The molecule has 0 saturated carbocycles. The average molecular weight is 323 g/mol. The van der Waals surface area contributed by atoms with Crippen molar-refractivity contribution in [3.05, 3.63) is 0 Å². The maximum absolute atomic E-state index is 11.5. The minimum Gasteiger partial charge on any atom is -0.229 e. The van der Waals surface area contributed by atoms with Gasteiger partial charge in [-0.25, -0.2) is 8.42 Å². The van der Waals surface area contributed by atoms with Crippen LogP contribution in [0.3, 0.4) is 0 Å². The van der Waals surface area contributed by atoms with E-state index in [4.69, 9.17) is 11.6 Å². The summed E-state index contributed by atoms with van der Waals surface area (Å²) in [6.07, 6.45) is 12.5. The third kappa shape index (κ3) is 7.31. The summed E-state index contributed by atoms with van der Waals surface area (Å²) < 4.78 is 23.0. The summed E-state index contributed by atoms with van der Waals surface area (Å²) in [6.45, 7) is 2.25. The van der Waals surface area contributed by atoms with Gasteiger partial charge in [-0.1, -0.05) is 58.3 Å². The number of rotatable bonds is 11. The van der Waals surface area contributed by atoms with E-state index < -0.39 is 9.84 Å². The number of hydrogen-bond acceptors (Lipinski definition) is 2. The van der Waals surface area contributed by atoms with Crippen molar-refractivity contribution < 1.29 is 8.42 Å². The van der Waals surface area contributed by atoms with E-state index in [1.54, 1.807) is 0 Å². The zero-order valence-corrected chi connectivity index (χ0v) is 14.5. The van der Waals surface area contributed by atoms with Crippen LogP contribution in [0.4, 0.5) is 0 Å². The van der Waals surface area contributed by atoms with Crippen molar-refractivity contribution in [2.24, 2.45) is 11.8 Å². The molecule has 120 valence electrons. The van der Waals surface area contributed by atoms with Gasteiger partial charge in [0.1, 0.15) is 0 Å². The Morgan fingerprint density at radius 1 is 1.05 bits per heavy atom. The van der Waals surface area contributed by atoms with Gasteiger partial charge in [0, 0.05) is 5.88 Å². The molecule has 1 saturated heterocycles. The van der Waals surface area contributed by atoms with Gasteiger partial charge in [0.05, 0.1) is 11.5 Å². The van der Waals surface area contributed by atoms with Gasteiger partial charge in [-0.2, -0.15) is 0 Å². The molecule has 0 N–H and O–H groups in total. The maximum atomic E-state index is 11.5. The van der Waals surface area contributed by atoms with E-state index in [1.165, 1.54) is 51.4 Å².